The molecule has 0 saturated heterocycles. The average molecular weight is 356 g/mol. The quantitative estimate of drug-likeness (QED) is 0.752. The van der Waals surface area contributed by atoms with Crippen LogP contribution in [0.5, 0.6) is 0 Å². The number of carbonyl (C=O) groups is 3. The fourth-order valence-corrected chi connectivity index (χ4v) is 3.01. The van der Waals surface area contributed by atoms with Crippen LogP contribution >= 0.6 is 11.8 Å². The first-order chi connectivity index (χ1) is 11.1. The third-order valence-corrected chi connectivity index (χ3v) is 4.15. The van der Waals surface area contributed by atoms with Crippen molar-refractivity contribution in [1.82, 2.24) is 5.32 Å². The van der Waals surface area contributed by atoms with Gasteiger partial charge in [0.15, 0.2) is 5.82 Å². The molecule has 24 heavy (non-hydrogen) atoms. The zero-order chi connectivity index (χ0) is 18.1. The van der Waals surface area contributed by atoms with Crippen LogP contribution in [0.15, 0.2) is 17.0 Å². The number of anilines is 1. The second-order valence-electron chi connectivity index (χ2n) is 6.10. The molecule has 0 saturated carbocycles. The predicted molar refractivity (Wildman–Crippen MR) is 85.9 cm³/mol. The molecular formula is C15H17FN2O5S. The van der Waals surface area contributed by atoms with Crippen LogP contribution in [0.1, 0.15) is 31.1 Å². The van der Waals surface area contributed by atoms with Crippen molar-refractivity contribution in [1.29, 1.82) is 0 Å². The summed E-state index contributed by atoms with van der Waals surface area (Å²) in [4.78, 5) is 35.4. The summed E-state index contributed by atoms with van der Waals surface area (Å²) in [6.07, 6.45) is -0.763. The second-order valence-corrected chi connectivity index (χ2v) is 7.17. The number of rotatable bonds is 2. The number of halogens is 1. The van der Waals surface area contributed by atoms with Gasteiger partial charge in [0.1, 0.15) is 11.6 Å². The Labute approximate surface area is 141 Å². The van der Waals surface area contributed by atoms with Gasteiger partial charge in [-0.05, 0) is 32.9 Å². The number of alkyl carbamates (subject to hydrolysis) is 1. The molecule has 7 nitrogen and oxygen atoms in total. The normalized spacial score (nSPS) is 17.3. The number of thioether (sulfide) groups is 1. The Kier molecular flexibility index (Phi) is 5.02. The summed E-state index contributed by atoms with van der Waals surface area (Å²) in [5.41, 5.74) is -1.45. The van der Waals surface area contributed by atoms with Gasteiger partial charge in [0.05, 0.1) is 11.3 Å². The molecular weight excluding hydrogens is 339 g/mol. The van der Waals surface area contributed by atoms with Crippen LogP contribution in [0.4, 0.5) is 14.9 Å². The second kappa shape index (κ2) is 6.68. The number of hydrogen-bond donors (Lipinski definition) is 3. The maximum absolute atomic E-state index is 14.3. The number of hydrogen-bond acceptors (Lipinski definition) is 5. The molecule has 0 bridgehead atoms. The number of carboxylic acid groups (broad SMARTS) is 1. The molecule has 1 heterocycles. The monoisotopic (exact) mass is 356 g/mol. The van der Waals surface area contributed by atoms with Crippen molar-refractivity contribution in [2.24, 2.45) is 0 Å². The molecule has 0 spiro atoms. The van der Waals surface area contributed by atoms with Crippen LogP contribution < -0.4 is 10.6 Å². The van der Waals surface area contributed by atoms with E-state index in [4.69, 9.17) is 9.84 Å². The lowest BCUT2D eigenvalue weighted by molar-refractivity contribution is -0.117. The number of carbonyl (C=O) groups excluding carboxylic acids is 2. The van der Waals surface area contributed by atoms with Crippen LogP contribution in [0.2, 0.25) is 0 Å². The summed E-state index contributed by atoms with van der Waals surface area (Å²) in [5.74, 6) is -2.93. The summed E-state index contributed by atoms with van der Waals surface area (Å²) >= 11 is 1.13. The fourth-order valence-electron chi connectivity index (χ4n) is 1.98. The Bertz CT molecular complexity index is 702. The van der Waals surface area contributed by atoms with Gasteiger partial charge in [-0.2, -0.15) is 0 Å². The van der Waals surface area contributed by atoms with E-state index in [0.717, 1.165) is 17.8 Å². The van der Waals surface area contributed by atoms with E-state index in [2.05, 4.69) is 10.6 Å². The topological polar surface area (TPSA) is 105 Å². The minimum atomic E-state index is -1.43. The predicted octanol–water partition coefficient (Wildman–Crippen LogP) is 2.46. The molecule has 1 atom stereocenters. The number of benzene rings is 1. The largest absolute Gasteiger partial charge is 0.478 e. The first-order valence-corrected chi connectivity index (χ1v) is 8.06. The summed E-state index contributed by atoms with van der Waals surface area (Å²) in [6, 6.07) is 1.62. The van der Waals surface area contributed by atoms with Crippen molar-refractivity contribution >= 4 is 35.4 Å². The van der Waals surface area contributed by atoms with Crippen molar-refractivity contribution < 1.29 is 28.6 Å². The minimum Gasteiger partial charge on any atom is -0.478 e. The molecule has 130 valence electrons. The van der Waals surface area contributed by atoms with E-state index >= 15 is 0 Å². The highest BCUT2D eigenvalue weighted by Gasteiger charge is 2.30. The zero-order valence-corrected chi connectivity index (χ0v) is 14.1. The number of nitrogens with one attached hydrogen (secondary N) is 2. The van der Waals surface area contributed by atoms with E-state index in [0.29, 0.717) is 4.90 Å². The molecule has 0 unspecified atom stereocenters. The molecule has 9 heteroatoms. The Hall–Kier alpha value is -2.29. The molecule has 1 aromatic carbocycles. The molecule has 0 fully saturated rings. The van der Waals surface area contributed by atoms with E-state index < -0.39 is 41.0 Å². The maximum atomic E-state index is 14.3. The van der Waals surface area contributed by atoms with Gasteiger partial charge in [0.25, 0.3) is 0 Å². The number of carboxylic acids is 1. The Morgan fingerprint density at radius 2 is 2.08 bits per heavy atom. The number of ether oxygens (including phenoxy) is 1. The summed E-state index contributed by atoms with van der Waals surface area (Å²) in [7, 11) is 0. The van der Waals surface area contributed by atoms with Gasteiger partial charge in [-0.3, -0.25) is 4.79 Å². The van der Waals surface area contributed by atoms with Crippen LogP contribution in [-0.2, 0) is 9.53 Å². The van der Waals surface area contributed by atoms with Gasteiger partial charge < -0.3 is 20.5 Å². The van der Waals surface area contributed by atoms with Crippen molar-refractivity contribution in [3.8, 4) is 0 Å². The molecule has 0 aliphatic carbocycles. The number of fused-ring (bicyclic) bond motifs is 1. The molecule has 3 N–H and O–H groups in total. The zero-order valence-electron chi connectivity index (χ0n) is 13.3. The Morgan fingerprint density at radius 3 is 2.67 bits per heavy atom. The van der Waals surface area contributed by atoms with Gasteiger partial charge in [-0.25, -0.2) is 14.0 Å². The average Bonchev–Trinajstić information content (AvgIpc) is 2.58. The molecule has 2 amide bonds. The standard InChI is InChI=1S/C15H17FN2O5S/c1-15(2,3)23-14(22)17-8-6-24-9-5-4-7(13(20)21)10(16)11(9)18-12(8)19/h4-5,8H,6H2,1-3H3,(H,17,22)(H,18,19)(H,20,21)/t8-/m0/s1. The highest BCUT2D eigenvalue weighted by atomic mass is 32.2. The summed E-state index contributed by atoms with van der Waals surface area (Å²) in [6.45, 7) is 5.06. The van der Waals surface area contributed by atoms with E-state index in [-0.39, 0.29) is 11.4 Å². The van der Waals surface area contributed by atoms with Gasteiger partial charge >= 0.3 is 12.1 Å². The van der Waals surface area contributed by atoms with E-state index in [1.807, 2.05) is 0 Å². The molecule has 1 aliphatic rings. The SMILES string of the molecule is CC(C)(C)OC(=O)N[C@H]1CSc2ccc(C(=O)O)c(F)c2NC1=O. The molecule has 0 aromatic heterocycles. The van der Waals surface area contributed by atoms with Crippen LogP contribution in [0.25, 0.3) is 0 Å². The molecule has 1 aliphatic heterocycles. The summed E-state index contributed by atoms with van der Waals surface area (Å²) < 4.78 is 19.3. The van der Waals surface area contributed by atoms with E-state index in [1.165, 1.54) is 6.07 Å². The molecule has 2 rings (SSSR count). The van der Waals surface area contributed by atoms with Crippen molar-refractivity contribution in [3.05, 3.63) is 23.5 Å². The smallest absolute Gasteiger partial charge is 0.408 e. The third-order valence-electron chi connectivity index (χ3n) is 3.00. The van der Waals surface area contributed by atoms with Gasteiger partial charge in [0.2, 0.25) is 5.91 Å². The van der Waals surface area contributed by atoms with Gasteiger partial charge in [-0.15, -0.1) is 11.8 Å². The van der Waals surface area contributed by atoms with Crippen LogP contribution in [0.3, 0.4) is 0 Å². The number of amides is 2. The highest BCUT2D eigenvalue weighted by Crippen LogP contribution is 2.34. The first kappa shape index (κ1) is 18.1. The van der Waals surface area contributed by atoms with Gasteiger partial charge in [0, 0.05) is 10.6 Å². The fraction of sp³-hybridized carbons (Fsp3) is 0.400. The van der Waals surface area contributed by atoms with Crippen LogP contribution in [-0.4, -0.2) is 40.5 Å². The molecule has 1 aromatic rings. The molecule has 0 radical (unpaired) electrons. The lowest BCUT2D eigenvalue weighted by Crippen LogP contribution is -2.46. The highest BCUT2D eigenvalue weighted by molar-refractivity contribution is 7.99. The van der Waals surface area contributed by atoms with Crippen LogP contribution in [0, 0.1) is 5.82 Å². The lowest BCUT2D eigenvalue weighted by atomic mass is 10.1. The van der Waals surface area contributed by atoms with Crippen molar-refractivity contribution in [3.63, 3.8) is 0 Å². The maximum Gasteiger partial charge on any atom is 0.408 e. The Balaban J connectivity index is 2.18. The van der Waals surface area contributed by atoms with Gasteiger partial charge in [-0.1, -0.05) is 0 Å². The van der Waals surface area contributed by atoms with Crippen molar-refractivity contribution in [2.75, 3.05) is 11.1 Å². The first-order valence-electron chi connectivity index (χ1n) is 7.07. The third kappa shape index (κ3) is 4.16. The van der Waals surface area contributed by atoms with E-state index in [1.54, 1.807) is 20.8 Å². The minimum absolute atomic E-state index is 0.157. The Morgan fingerprint density at radius 1 is 1.42 bits per heavy atom. The van der Waals surface area contributed by atoms with E-state index in [9.17, 15) is 18.8 Å². The summed E-state index contributed by atoms with van der Waals surface area (Å²) in [5, 5.41) is 13.7. The number of aromatic carboxylic acids is 1. The van der Waals surface area contributed by atoms with Crippen molar-refractivity contribution in [2.45, 2.75) is 37.3 Å². The lowest BCUT2D eigenvalue weighted by Gasteiger charge is -2.22.